The molecule has 0 spiro atoms. The van der Waals surface area contributed by atoms with E-state index in [1.807, 2.05) is 24.0 Å². The van der Waals surface area contributed by atoms with Gasteiger partial charge in [-0.05, 0) is 51.0 Å². The molecule has 1 atom stereocenters. The van der Waals surface area contributed by atoms with E-state index in [1.54, 1.807) is 12.1 Å². The Morgan fingerprint density at radius 1 is 1.27 bits per heavy atom. The van der Waals surface area contributed by atoms with Gasteiger partial charge in [0.05, 0.1) is 5.25 Å². The maximum atomic E-state index is 12.9. The summed E-state index contributed by atoms with van der Waals surface area (Å²) < 4.78 is 5.72. The number of amides is 1. The Balaban J connectivity index is 1.64. The van der Waals surface area contributed by atoms with Crippen LogP contribution in [0.1, 0.15) is 46.0 Å². The molecule has 0 radical (unpaired) electrons. The second-order valence-electron chi connectivity index (χ2n) is 6.56. The highest BCUT2D eigenvalue weighted by atomic mass is 35.5. The Bertz CT molecular complexity index is 729. The Labute approximate surface area is 163 Å². The summed E-state index contributed by atoms with van der Waals surface area (Å²) in [6, 6.07) is 7.60. The molecule has 140 valence electrons. The van der Waals surface area contributed by atoms with E-state index in [2.05, 4.69) is 17.1 Å². The number of benzene rings is 1. The van der Waals surface area contributed by atoms with Crippen molar-refractivity contribution in [3.05, 3.63) is 29.3 Å². The normalized spacial score (nSPS) is 16.4. The van der Waals surface area contributed by atoms with Crippen molar-refractivity contribution in [2.24, 2.45) is 0 Å². The van der Waals surface area contributed by atoms with Gasteiger partial charge in [0.1, 0.15) is 0 Å². The first-order valence-corrected chi connectivity index (χ1v) is 10.4. The number of halogens is 1. The number of hydrogen-bond acceptors (Lipinski definition) is 5. The van der Waals surface area contributed by atoms with E-state index in [4.69, 9.17) is 16.0 Å². The van der Waals surface area contributed by atoms with Crippen LogP contribution in [-0.2, 0) is 4.79 Å². The zero-order valence-corrected chi connectivity index (χ0v) is 16.7. The van der Waals surface area contributed by atoms with Crippen LogP contribution in [0.25, 0.3) is 11.5 Å². The summed E-state index contributed by atoms with van der Waals surface area (Å²) in [5.74, 6) is 0.582. The van der Waals surface area contributed by atoms with E-state index in [9.17, 15) is 4.79 Å². The third-order valence-electron chi connectivity index (χ3n) is 4.76. The van der Waals surface area contributed by atoms with Gasteiger partial charge in [0, 0.05) is 23.2 Å². The summed E-state index contributed by atoms with van der Waals surface area (Å²) in [4.78, 5) is 14.9. The largest absolute Gasteiger partial charge is 0.411 e. The number of nitrogens with zero attached hydrogens (tertiary/aromatic N) is 3. The average Bonchev–Trinajstić information content (AvgIpc) is 3.12. The number of hydrogen-bond donors (Lipinski definition) is 0. The van der Waals surface area contributed by atoms with Crippen molar-refractivity contribution in [2.45, 2.75) is 62.5 Å². The van der Waals surface area contributed by atoms with Crippen molar-refractivity contribution < 1.29 is 9.21 Å². The lowest BCUT2D eigenvalue weighted by Crippen LogP contribution is -2.44. The molecule has 1 aliphatic carbocycles. The Morgan fingerprint density at radius 3 is 2.62 bits per heavy atom. The van der Waals surface area contributed by atoms with E-state index in [-0.39, 0.29) is 11.2 Å². The summed E-state index contributed by atoms with van der Waals surface area (Å²) in [5, 5.41) is 8.97. The topological polar surface area (TPSA) is 59.2 Å². The van der Waals surface area contributed by atoms with Crippen LogP contribution in [0, 0.1) is 0 Å². The maximum absolute atomic E-state index is 12.9. The van der Waals surface area contributed by atoms with E-state index in [0.717, 1.165) is 24.9 Å². The second kappa shape index (κ2) is 8.91. The molecule has 1 fully saturated rings. The highest BCUT2D eigenvalue weighted by molar-refractivity contribution is 8.00. The number of carbonyl (C=O) groups is 1. The van der Waals surface area contributed by atoms with Gasteiger partial charge in [-0.3, -0.25) is 4.79 Å². The fourth-order valence-electron chi connectivity index (χ4n) is 3.39. The first-order valence-electron chi connectivity index (χ1n) is 9.15. The lowest BCUT2D eigenvalue weighted by atomic mass is 9.94. The van der Waals surface area contributed by atoms with Crippen molar-refractivity contribution in [1.82, 2.24) is 15.1 Å². The van der Waals surface area contributed by atoms with Crippen molar-refractivity contribution >= 4 is 29.3 Å². The maximum Gasteiger partial charge on any atom is 0.277 e. The van der Waals surface area contributed by atoms with Crippen LogP contribution in [-0.4, -0.2) is 38.8 Å². The first-order chi connectivity index (χ1) is 12.6. The minimum Gasteiger partial charge on any atom is -0.411 e. The Morgan fingerprint density at radius 2 is 1.96 bits per heavy atom. The lowest BCUT2D eigenvalue weighted by Gasteiger charge is -2.34. The molecule has 0 bridgehead atoms. The predicted octanol–water partition coefficient (Wildman–Crippen LogP) is 5.05. The summed E-state index contributed by atoms with van der Waals surface area (Å²) in [5.41, 5.74) is 0.810. The van der Waals surface area contributed by atoms with Crippen LogP contribution < -0.4 is 0 Å². The van der Waals surface area contributed by atoms with Gasteiger partial charge >= 0.3 is 0 Å². The van der Waals surface area contributed by atoms with Crippen LogP contribution in [0.3, 0.4) is 0 Å². The van der Waals surface area contributed by atoms with Gasteiger partial charge in [-0.2, -0.15) is 0 Å². The van der Waals surface area contributed by atoms with Crippen LogP contribution in [0.5, 0.6) is 0 Å². The van der Waals surface area contributed by atoms with E-state index in [1.165, 1.54) is 31.0 Å². The molecule has 1 aliphatic rings. The molecule has 0 unspecified atom stereocenters. The van der Waals surface area contributed by atoms with Crippen LogP contribution >= 0.6 is 23.4 Å². The van der Waals surface area contributed by atoms with E-state index in [0.29, 0.717) is 22.2 Å². The minimum atomic E-state index is -0.254. The molecule has 1 saturated carbocycles. The molecule has 0 N–H and O–H groups in total. The monoisotopic (exact) mass is 393 g/mol. The molecule has 1 aromatic carbocycles. The number of aromatic nitrogens is 2. The zero-order chi connectivity index (χ0) is 18.5. The molecule has 5 nitrogen and oxygen atoms in total. The van der Waals surface area contributed by atoms with Crippen LogP contribution in [0.2, 0.25) is 5.02 Å². The van der Waals surface area contributed by atoms with E-state index >= 15 is 0 Å². The van der Waals surface area contributed by atoms with Crippen molar-refractivity contribution in [3.63, 3.8) is 0 Å². The minimum absolute atomic E-state index is 0.149. The molecule has 0 saturated heterocycles. The van der Waals surface area contributed by atoms with Crippen LogP contribution in [0.15, 0.2) is 33.9 Å². The Kier molecular flexibility index (Phi) is 6.59. The van der Waals surface area contributed by atoms with Gasteiger partial charge in [-0.15, -0.1) is 10.2 Å². The van der Waals surface area contributed by atoms with Gasteiger partial charge < -0.3 is 9.32 Å². The SMILES string of the molecule is CCN(C(=O)[C@@H](C)Sc1nnc(-c2ccc(Cl)cc2)o1)C1CCCCC1. The fraction of sp³-hybridized carbons (Fsp3) is 0.526. The first kappa shape index (κ1) is 19.2. The molecule has 1 heterocycles. The molecule has 26 heavy (non-hydrogen) atoms. The third-order valence-corrected chi connectivity index (χ3v) is 5.94. The highest BCUT2D eigenvalue weighted by Gasteiger charge is 2.29. The molecule has 1 aromatic heterocycles. The number of rotatable bonds is 6. The quantitative estimate of drug-likeness (QED) is 0.642. The summed E-state index contributed by atoms with van der Waals surface area (Å²) in [7, 11) is 0. The summed E-state index contributed by atoms with van der Waals surface area (Å²) in [6.45, 7) is 4.70. The second-order valence-corrected chi connectivity index (χ2v) is 8.28. The molecule has 1 amide bonds. The summed E-state index contributed by atoms with van der Waals surface area (Å²) in [6.07, 6.45) is 5.92. The molecule has 3 rings (SSSR count). The van der Waals surface area contributed by atoms with E-state index < -0.39 is 0 Å². The van der Waals surface area contributed by atoms with Crippen molar-refractivity contribution in [1.29, 1.82) is 0 Å². The van der Waals surface area contributed by atoms with Gasteiger partial charge in [-0.25, -0.2) is 0 Å². The molecular formula is C19H24ClN3O2S. The predicted molar refractivity (Wildman–Crippen MR) is 104 cm³/mol. The molecular weight excluding hydrogens is 370 g/mol. The van der Waals surface area contributed by atoms with Crippen LogP contribution in [0.4, 0.5) is 0 Å². The van der Waals surface area contributed by atoms with Gasteiger partial charge in [0.25, 0.3) is 5.22 Å². The van der Waals surface area contributed by atoms with Gasteiger partial charge in [0.2, 0.25) is 11.8 Å². The number of carbonyl (C=O) groups excluding carboxylic acids is 1. The Hall–Kier alpha value is -1.53. The summed E-state index contributed by atoms with van der Waals surface area (Å²) >= 11 is 7.22. The fourth-order valence-corrected chi connectivity index (χ4v) is 4.27. The molecule has 0 aliphatic heterocycles. The van der Waals surface area contributed by atoms with Crippen molar-refractivity contribution in [2.75, 3.05) is 6.54 Å². The van der Waals surface area contributed by atoms with Gasteiger partial charge in [0.15, 0.2) is 0 Å². The molecule has 7 heteroatoms. The average molecular weight is 394 g/mol. The zero-order valence-electron chi connectivity index (χ0n) is 15.2. The van der Waals surface area contributed by atoms with Gasteiger partial charge in [-0.1, -0.05) is 42.6 Å². The highest BCUT2D eigenvalue weighted by Crippen LogP contribution is 2.29. The molecule has 2 aromatic rings. The third kappa shape index (κ3) is 4.60. The van der Waals surface area contributed by atoms with Crippen molar-refractivity contribution in [3.8, 4) is 11.5 Å². The lowest BCUT2D eigenvalue weighted by molar-refractivity contribution is -0.133. The number of thioether (sulfide) groups is 1. The smallest absolute Gasteiger partial charge is 0.277 e. The standard InChI is InChI=1S/C19H24ClN3O2S/c1-3-23(16-7-5-4-6-8-16)18(24)13(2)26-19-22-21-17(25-19)14-9-11-15(20)12-10-14/h9-13,16H,3-8H2,1-2H3/t13-/m1/s1.